The largest absolute Gasteiger partial charge is 0.342 e. The van der Waals surface area contributed by atoms with E-state index in [-0.39, 0.29) is 17.7 Å². The number of hydrogen-bond donors (Lipinski definition) is 0. The lowest BCUT2D eigenvalue weighted by molar-refractivity contribution is -0.137. The van der Waals surface area contributed by atoms with Crippen molar-refractivity contribution in [2.45, 2.75) is 25.3 Å². The van der Waals surface area contributed by atoms with Crippen molar-refractivity contribution in [2.24, 2.45) is 5.92 Å². The van der Waals surface area contributed by atoms with Crippen molar-refractivity contribution in [2.75, 3.05) is 38.6 Å². The van der Waals surface area contributed by atoms with Crippen LogP contribution in [0.5, 0.6) is 0 Å². The van der Waals surface area contributed by atoms with Crippen LogP contribution >= 0.6 is 15.9 Å². The molecule has 0 radical (unpaired) electrons. The molecule has 0 bridgehead atoms. The standard InChI is InChI=1S/C18H24BrN3O2/c1-20(2)14-7-9-21(10-8-14)18(24)13-11-17(23)22(12-13)16-6-4-3-5-15(16)19/h3-6,13-14H,7-12H2,1-2H3/t13-/m1/s1. The highest BCUT2D eigenvalue weighted by atomic mass is 79.9. The molecule has 0 aromatic heterocycles. The molecule has 0 saturated carbocycles. The van der Waals surface area contributed by atoms with Crippen LogP contribution in [0.15, 0.2) is 28.7 Å². The maximum atomic E-state index is 12.8. The van der Waals surface area contributed by atoms with Crippen LogP contribution in [0.25, 0.3) is 0 Å². The van der Waals surface area contributed by atoms with E-state index in [2.05, 4.69) is 34.9 Å². The Hall–Kier alpha value is -1.40. The third-order valence-electron chi connectivity index (χ3n) is 5.12. The lowest BCUT2D eigenvalue weighted by atomic mass is 10.0. The van der Waals surface area contributed by atoms with Gasteiger partial charge < -0.3 is 14.7 Å². The van der Waals surface area contributed by atoms with Crippen molar-refractivity contribution in [3.8, 4) is 0 Å². The van der Waals surface area contributed by atoms with Gasteiger partial charge in [-0.3, -0.25) is 9.59 Å². The van der Waals surface area contributed by atoms with Gasteiger partial charge in [-0.2, -0.15) is 0 Å². The van der Waals surface area contributed by atoms with E-state index < -0.39 is 0 Å². The fourth-order valence-electron chi connectivity index (χ4n) is 3.64. The maximum absolute atomic E-state index is 12.8. The van der Waals surface area contributed by atoms with Crippen LogP contribution in [-0.4, -0.2) is 61.4 Å². The summed E-state index contributed by atoms with van der Waals surface area (Å²) in [7, 11) is 4.18. The molecule has 5 nitrogen and oxygen atoms in total. The third-order valence-corrected chi connectivity index (χ3v) is 5.79. The highest BCUT2D eigenvalue weighted by molar-refractivity contribution is 9.10. The number of rotatable bonds is 3. The fourth-order valence-corrected chi connectivity index (χ4v) is 4.14. The van der Waals surface area contributed by atoms with Crippen LogP contribution in [0.1, 0.15) is 19.3 Å². The first-order valence-electron chi connectivity index (χ1n) is 8.47. The van der Waals surface area contributed by atoms with Crippen LogP contribution in [0.2, 0.25) is 0 Å². The van der Waals surface area contributed by atoms with Gasteiger partial charge in [0, 0.05) is 36.6 Å². The molecule has 0 unspecified atom stereocenters. The van der Waals surface area contributed by atoms with Gasteiger partial charge in [-0.1, -0.05) is 12.1 Å². The number of halogens is 1. The molecule has 24 heavy (non-hydrogen) atoms. The average Bonchev–Trinajstić information content (AvgIpc) is 2.96. The van der Waals surface area contributed by atoms with Crippen LogP contribution in [0.3, 0.4) is 0 Å². The number of anilines is 1. The van der Waals surface area contributed by atoms with Crippen LogP contribution in [0.4, 0.5) is 5.69 Å². The van der Waals surface area contributed by atoms with Crippen molar-refractivity contribution < 1.29 is 9.59 Å². The number of nitrogens with zero attached hydrogens (tertiary/aromatic N) is 3. The minimum absolute atomic E-state index is 0.0310. The van der Waals surface area contributed by atoms with Crippen molar-refractivity contribution in [1.82, 2.24) is 9.80 Å². The number of likely N-dealkylation sites (tertiary alicyclic amines) is 1. The second-order valence-corrected chi connectivity index (χ2v) is 7.73. The van der Waals surface area contributed by atoms with E-state index in [1.165, 1.54) is 0 Å². The predicted octanol–water partition coefficient (Wildman–Crippen LogP) is 2.35. The second-order valence-electron chi connectivity index (χ2n) is 6.88. The van der Waals surface area contributed by atoms with Gasteiger partial charge in [0.15, 0.2) is 0 Å². The quantitative estimate of drug-likeness (QED) is 0.791. The fraction of sp³-hybridized carbons (Fsp3) is 0.556. The minimum Gasteiger partial charge on any atom is -0.342 e. The van der Waals surface area contributed by atoms with Gasteiger partial charge in [0.25, 0.3) is 0 Å². The maximum Gasteiger partial charge on any atom is 0.228 e. The van der Waals surface area contributed by atoms with Crippen LogP contribution in [0, 0.1) is 5.92 Å². The van der Waals surface area contributed by atoms with Gasteiger partial charge >= 0.3 is 0 Å². The molecule has 0 spiro atoms. The number of carbonyl (C=O) groups is 2. The normalized spacial score (nSPS) is 22.5. The Morgan fingerprint density at radius 3 is 2.50 bits per heavy atom. The Kier molecular flexibility index (Phi) is 5.25. The van der Waals surface area contributed by atoms with Crippen LogP contribution < -0.4 is 4.90 Å². The predicted molar refractivity (Wildman–Crippen MR) is 97.9 cm³/mol. The SMILES string of the molecule is CN(C)C1CCN(C(=O)[C@@H]2CC(=O)N(c3ccccc3Br)C2)CC1. The van der Waals surface area contributed by atoms with Gasteiger partial charge in [-0.15, -0.1) is 0 Å². The van der Waals surface area contributed by atoms with Gasteiger partial charge in [-0.05, 0) is 55.0 Å². The Morgan fingerprint density at radius 2 is 1.88 bits per heavy atom. The van der Waals surface area contributed by atoms with E-state index in [1.807, 2.05) is 29.2 Å². The molecule has 2 heterocycles. The summed E-state index contributed by atoms with van der Waals surface area (Å²) < 4.78 is 0.887. The Morgan fingerprint density at radius 1 is 1.21 bits per heavy atom. The molecule has 0 aliphatic carbocycles. The summed E-state index contributed by atoms with van der Waals surface area (Å²) in [5.41, 5.74) is 0.851. The molecule has 130 valence electrons. The summed E-state index contributed by atoms with van der Waals surface area (Å²) in [5, 5.41) is 0. The molecule has 2 fully saturated rings. The molecule has 2 saturated heterocycles. The van der Waals surface area contributed by atoms with Gasteiger partial charge in [0.2, 0.25) is 11.8 Å². The third kappa shape index (κ3) is 3.49. The molecule has 0 N–H and O–H groups in total. The molecule has 1 aromatic carbocycles. The van der Waals surface area contributed by atoms with E-state index >= 15 is 0 Å². The van der Waals surface area contributed by atoms with Crippen molar-refractivity contribution >= 4 is 33.4 Å². The van der Waals surface area contributed by atoms with Crippen molar-refractivity contribution in [3.05, 3.63) is 28.7 Å². The molecule has 6 heteroatoms. The highest BCUT2D eigenvalue weighted by Crippen LogP contribution is 2.32. The second kappa shape index (κ2) is 7.23. The molecule has 1 atom stereocenters. The number of carbonyl (C=O) groups excluding carboxylic acids is 2. The molecule has 2 aliphatic rings. The van der Waals surface area contributed by atoms with Gasteiger partial charge in [-0.25, -0.2) is 0 Å². The summed E-state index contributed by atoms with van der Waals surface area (Å²) >= 11 is 3.49. The van der Waals surface area contributed by atoms with E-state index in [9.17, 15) is 9.59 Å². The molecule has 2 amide bonds. The molecule has 1 aromatic rings. The molecular weight excluding hydrogens is 370 g/mol. The van der Waals surface area contributed by atoms with E-state index in [1.54, 1.807) is 4.90 Å². The summed E-state index contributed by atoms with van der Waals surface area (Å²) in [6, 6.07) is 8.22. The lowest BCUT2D eigenvalue weighted by Crippen LogP contribution is -2.46. The average molecular weight is 394 g/mol. The summed E-state index contributed by atoms with van der Waals surface area (Å²) in [6.45, 7) is 2.07. The van der Waals surface area contributed by atoms with Gasteiger partial charge in [0.1, 0.15) is 0 Å². The van der Waals surface area contributed by atoms with Crippen LogP contribution in [-0.2, 0) is 9.59 Å². The first-order chi connectivity index (χ1) is 11.5. The monoisotopic (exact) mass is 393 g/mol. The number of hydrogen-bond acceptors (Lipinski definition) is 3. The zero-order valence-electron chi connectivity index (χ0n) is 14.2. The Labute approximate surface area is 151 Å². The number of amides is 2. The first-order valence-corrected chi connectivity index (χ1v) is 9.26. The van der Waals surface area contributed by atoms with Crippen molar-refractivity contribution in [1.29, 1.82) is 0 Å². The summed E-state index contributed by atoms with van der Waals surface area (Å²) in [6.07, 6.45) is 2.33. The molecule has 3 rings (SSSR count). The number of piperidine rings is 1. The Balaban J connectivity index is 1.64. The number of benzene rings is 1. The smallest absolute Gasteiger partial charge is 0.228 e. The summed E-state index contributed by atoms with van der Waals surface area (Å²) in [5.74, 6) is -0.0564. The number of para-hydroxylation sites is 1. The molecule has 2 aliphatic heterocycles. The highest BCUT2D eigenvalue weighted by Gasteiger charge is 2.38. The zero-order chi connectivity index (χ0) is 17.3. The van der Waals surface area contributed by atoms with E-state index in [0.29, 0.717) is 19.0 Å². The summed E-state index contributed by atoms with van der Waals surface area (Å²) in [4.78, 5) is 31.1. The Bertz CT molecular complexity index is 626. The minimum atomic E-state index is -0.222. The van der Waals surface area contributed by atoms with E-state index in [4.69, 9.17) is 0 Å². The first kappa shape index (κ1) is 17.4. The van der Waals surface area contributed by atoms with E-state index in [0.717, 1.165) is 36.1 Å². The van der Waals surface area contributed by atoms with Gasteiger partial charge in [0.05, 0.1) is 11.6 Å². The van der Waals surface area contributed by atoms with Crippen molar-refractivity contribution in [3.63, 3.8) is 0 Å². The zero-order valence-corrected chi connectivity index (χ0v) is 15.8. The topological polar surface area (TPSA) is 43.9 Å². The lowest BCUT2D eigenvalue weighted by Gasteiger charge is -2.36. The molecular formula is C18H24BrN3O2.